The summed E-state index contributed by atoms with van der Waals surface area (Å²) in [5.74, 6) is -0.518. The Labute approximate surface area is 114 Å². The van der Waals surface area contributed by atoms with Crippen LogP contribution in [-0.4, -0.2) is 47.1 Å². The molecule has 5 nitrogen and oxygen atoms in total. The van der Waals surface area contributed by atoms with Crippen molar-refractivity contribution in [3.05, 3.63) is 0 Å². The van der Waals surface area contributed by atoms with Crippen molar-refractivity contribution in [3.8, 4) is 0 Å². The van der Waals surface area contributed by atoms with Crippen molar-refractivity contribution >= 4 is 11.9 Å². The molecule has 0 radical (unpaired) electrons. The SMILES string of the molecule is CCCC1(C(=O)O)CCCN1C(=O)C(C)C1CNC1. The third-order valence-electron chi connectivity index (χ3n) is 4.73. The zero-order valence-electron chi connectivity index (χ0n) is 11.8. The number of hydrogen-bond donors (Lipinski definition) is 2. The number of carbonyl (C=O) groups excluding carboxylic acids is 1. The Morgan fingerprint density at radius 1 is 1.47 bits per heavy atom. The quantitative estimate of drug-likeness (QED) is 0.783. The van der Waals surface area contributed by atoms with Crippen LogP contribution in [0.5, 0.6) is 0 Å². The molecule has 2 rings (SSSR count). The number of amides is 1. The fourth-order valence-electron chi connectivity index (χ4n) is 3.31. The van der Waals surface area contributed by atoms with Gasteiger partial charge in [-0.25, -0.2) is 4.79 Å². The average molecular weight is 268 g/mol. The standard InChI is InChI=1S/C14H24N2O3/c1-3-5-14(13(18)19)6-4-7-16(14)12(17)10(2)11-8-15-9-11/h10-11,15H,3-9H2,1-2H3,(H,18,19). The van der Waals surface area contributed by atoms with E-state index in [2.05, 4.69) is 5.32 Å². The van der Waals surface area contributed by atoms with Gasteiger partial charge < -0.3 is 15.3 Å². The zero-order valence-corrected chi connectivity index (χ0v) is 11.8. The van der Waals surface area contributed by atoms with E-state index in [9.17, 15) is 14.7 Å². The molecule has 0 bridgehead atoms. The molecule has 2 fully saturated rings. The first-order chi connectivity index (χ1) is 9.03. The van der Waals surface area contributed by atoms with Gasteiger partial charge >= 0.3 is 5.97 Å². The molecule has 2 N–H and O–H groups in total. The maximum atomic E-state index is 12.6. The minimum atomic E-state index is -0.947. The van der Waals surface area contributed by atoms with E-state index in [1.165, 1.54) is 0 Å². The summed E-state index contributed by atoms with van der Waals surface area (Å²) in [4.78, 5) is 26.0. The van der Waals surface area contributed by atoms with Crippen LogP contribution in [0, 0.1) is 11.8 Å². The Morgan fingerprint density at radius 2 is 2.16 bits per heavy atom. The summed E-state index contributed by atoms with van der Waals surface area (Å²) in [5.41, 5.74) is -0.947. The van der Waals surface area contributed by atoms with Crippen molar-refractivity contribution in [2.45, 2.75) is 45.1 Å². The molecule has 2 unspecified atom stereocenters. The van der Waals surface area contributed by atoms with Gasteiger partial charge in [0.05, 0.1) is 0 Å². The highest BCUT2D eigenvalue weighted by Crippen LogP contribution is 2.36. The van der Waals surface area contributed by atoms with Crippen LogP contribution in [0.25, 0.3) is 0 Å². The minimum absolute atomic E-state index is 0.0276. The van der Waals surface area contributed by atoms with Crippen molar-refractivity contribution in [2.24, 2.45) is 11.8 Å². The molecule has 1 amide bonds. The van der Waals surface area contributed by atoms with Crippen LogP contribution in [0.4, 0.5) is 0 Å². The van der Waals surface area contributed by atoms with Crippen molar-refractivity contribution in [2.75, 3.05) is 19.6 Å². The van der Waals surface area contributed by atoms with Crippen LogP contribution >= 0.6 is 0 Å². The summed E-state index contributed by atoms with van der Waals surface area (Å²) in [5, 5.41) is 12.8. The molecule has 19 heavy (non-hydrogen) atoms. The number of hydrogen-bond acceptors (Lipinski definition) is 3. The summed E-state index contributed by atoms with van der Waals surface area (Å²) < 4.78 is 0. The Hall–Kier alpha value is -1.10. The fraction of sp³-hybridized carbons (Fsp3) is 0.857. The Bertz CT molecular complexity index is 368. The topological polar surface area (TPSA) is 69.6 Å². The van der Waals surface area contributed by atoms with Crippen molar-refractivity contribution in [3.63, 3.8) is 0 Å². The molecular formula is C14H24N2O3. The van der Waals surface area contributed by atoms with Crippen LogP contribution in [0.1, 0.15) is 39.5 Å². The van der Waals surface area contributed by atoms with Gasteiger partial charge in [-0.3, -0.25) is 4.79 Å². The average Bonchev–Trinajstić information content (AvgIpc) is 2.71. The molecule has 0 spiro atoms. The summed E-state index contributed by atoms with van der Waals surface area (Å²) in [6.45, 7) is 6.24. The molecule has 2 saturated heterocycles. The third-order valence-corrected chi connectivity index (χ3v) is 4.73. The van der Waals surface area contributed by atoms with E-state index in [0.717, 1.165) is 25.9 Å². The highest BCUT2D eigenvalue weighted by Gasteiger charge is 2.50. The fourth-order valence-corrected chi connectivity index (χ4v) is 3.31. The first-order valence-corrected chi connectivity index (χ1v) is 7.28. The second kappa shape index (κ2) is 5.49. The highest BCUT2D eigenvalue weighted by molar-refractivity contribution is 5.89. The molecule has 0 aromatic heterocycles. The van der Waals surface area contributed by atoms with Crippen molar-refractivity contribution in [1.29, 1.82) is 0 Å². The Morgan fingerprint density at radius 3 is 2.63 bits per heavy atom. The van der Waals surface area contributed by atoms with Gasteiger partial charge in [0.25, 0.3) is 0 Å². The molecule has 2 heterocycles. The number of nitrogens with one attached hydrogen (secondary N) is 1. The summed E-state index contributed by atoms with van der Waals surface area (Å²) >= 11 is 0. The van der Waals surface area contributed by atoms with E-state index in [0.29, 0.717) is 25.3 Å². The third kappa shape index (κ3) is 2.36. The lowest BCUT2D eigenvalue weighted by molar-refractivity contribution is -0.159. The largest absolute Gasteiger partial charge is 0.479 e. The van der Waals surface area contributed by atoms with Crippen LogP contribution in [0.15, 0.2) is 0 Å². The van der Waals surface area contributed by atoms with Crippen LogP contribution in [-0.2, 0) is 9.59 Å². The molecule has 0 aromatic rings. The second-order valence-corrected chi connectivity index (χ2v) is 5.89. The van der Waals surface area contributed by atoms with Gasteiger partial charge in [-0.2, -0.15) is 0 Å². The first kappa shape index (κ1) is 14.3. The van der Waals surface area contributed by atoms with Gasteiger partial charge in [-0.05, 0) is 38.3 Å². The molecule has 0 aliphatic carbocycles. The van der Waals surface area contributed by atoms with Crippen LogP contribution < -0.4 is 5.32 Å². The molecule has 0 aromatic carbocycles. The minimum Gasteiger partial charge on any atom is -0.479 e. The number of aliphatic carboxylic acids is 1. The highest BCUT2D eigenvalue weighted by atomic mass is 16.4. The number of carboxylic acids is 1. The van der Waals surface area contributed by atoms with Crippen molar-refractivity contribution in [1.82, 2.24) is 10.2 Å². The van der Waals surface area contributed by atoms with E-state index in [1.54, 1.807) is 4.90 Å². The van der Waals surface area contributed by atoms with Gasteiger partial charge in [0.1, 0.15) is 5.54 Å². The predicted octanol–water partition coefficient (Wildman–Crippen LogP) is 1.09. The number of rotatable bonds is 5. The van der Waals surface area contributed by atoms with E-state index in [-0.39, 0.29) is 11.8 Å². The van der Waals surface area contributed by atoms with Crippen LogP contribution in [0.2, 0.25) is 0 Å². The lowest BCUT2D eigenvalue weighted by Gasteiger charge is -2.39. The summed E-state index contributed by atoms with van der Waals surface area (Å²) in [7, 11) is 0. The van der Waals surface area contributed by atoms with E-state index in [4.69, 9.17) is 0 Å². The normalized spacial score (nSPS) is 29.1. The monoisotopic (exact) mass is 268 g/mol. The molecule has 0 saturated carbocycles. The number of carbonyl (C=O) groups is 2. The lowest BCUT2D eigenvalue weighted by atomic mass is 9.85. The van der Waals surface area contributed by atoms with Gasteiger partial charge in [-0.1, -0.05) is 20.3 Å². The summed E-state index contributed by atoms with van der Waals surface area (Å²) in [6.07, 6.45) is 2.74. The van der Waals surface area contributed by atoms with Gasteiger partial charge in [0.2, 0.25) is 5.91 Å². The smallest absolute Gasteiger partial charge is 0.329 e. The van der Waals surface area contributed by atoms with Gasteiger partial charge in [0.15, 0.2) is 0 Å². The number of nitrogens with zero attached hydrogens (tertiary/aromatic N) is 1. The van der Waals surface area contributed by atoms with Gasteiger partial charge in [-0.15, -0.1) is 0 Å². The Balaban J connectivity index is 2.16. The maximum Gasteiger partial charge on any atom is 0.329 e. The number of likely N-dealkylation sites (tertiary alicyclic amines) is 1. The molecule has 2 atom stereocenters. The molecule has 2 aliphatic heterocycles. The molecular weight excluding hydrogens is 244 g/mol. The lowest BCUT2D eigenvalue weighted by Crippen LogP contribution is -2.57. The molecule has 2 aliphatic rings. The molecule has 5 heteroatoms. The van der Waals surface area contributed by atoms with E-state index >= 15 is 0 Å². The van der Waals surface area contributed by atoms with E-state index < -0.39 is 11.5 Å². The second-order valence-electron chi connectivity index (χ2n) is 5.89. The summed E-state index contributed by atoms with van der Waals surface area (Å²) in [6, 6.07) is 0. The zero-order chi connectivity index (χ0) is 14.0. The van der Waals surface area contributed by atoms with Crippen LogP contribution in [0.3, 0.4) is 0 Å². The maximum absolute atomic E-state index is 12.6. The predicted molar refractivity (Wildman–Crippen MR) is 71.7 cm³/mol. The van der Waals surface area contributed by atoms with Gasteiger partial charge in [0, 0.05) is 12.5 Å². The van der Waals surface area contributed by atoms with Crippen molar-refractivity contribution < 1.29 is 14.7 Å². The molecule has 108 valence electrons. The first-order valence-electron chi connectivity index (χ1n) is 7.28. The van der Waals surface area contributed by atoms with E-state index in [1.807, 2.05) is 13.8 Å². The number of carboxylic acid groups (broad SMARTS) is 1. The Kier molecular flexibility index (Phi) is 4.13.